The molecule has 0 spiro atoms. The number of likely N-dealkylation sites (tertiary alicyclic amines) is 1. The molecule has 2 N–H and O–H groups in total. The van der Waals surface area contributed by atoms with E-state index in [1.54, 1.807) is 6.92 Å². The van der Waals surface area contributed by atoms with Crippen LogP contribution >= 0.6 is 0 Å². The van der Waals surface area contributed by atoms with E-state index >= 15 is 4.39 Å². The molecule has 1 aromatic carbocycles. The van der Waals surface area contributed by atoms with Crippen LogP contribution in [0.3, 0.4) is 0 Å². The third-order valence-corrected chi connectivity index (χ3v) is 8.43. The zero-order valence-corrected chi connectivity index (χ0v) is 22.9. The number of carbonyl (C=O) groups is 1. The summed E-state index contributed by atoms with van der Waals surface area (Å²) < 4.78 is 15.0. The van der Waals surface area contributed by atoms with Crippen molar-refractivity contribution in [3.8, 4) is 0 Å². The first kappa shape index (κ1) is 27.1. The van der Waals surface area contributed by atoms with Crippen LogP contribution in [0.25, 0.3) is 0 Å². The number of anilines is 1. The number of hydrazine groups is 1. The van der Waals surface area contributed by atoms with Crippen molar-refractivity contribution in [3.05, 3.63) is 41.1 Å². The normalized spacial score (nSPS) is 24.9. The Balaban J connectivity index is 1.30. The van der Waals surface area contributed by atoms with Gasteiger partial charge in [0.05, 0.1) is 5.70 Å². The quantitative estimate of drug-likeness (QED) is 0.447. The van der Waals surface area contributed by atoms with Crippen molar-refractivity contribution in [2.45, 2.75) is 77.7 Å². The van der Waals surface area contributed by atoms with E-state index in [1.165, 1.54) is 31.6 Å². The van der Waals surface area contributed by atoms with Crippen molar-refractivity contribution in [3.63, 3.8) is 0 Å². The maximum absolute atomic E-state index is 15.0. The molecule has 2 aliphatic heterocycles. The van der Waals surface area contributed by atoms with Crippen molar-refractivity contribution in [2.75, 3.05) is 45.2 Å². The van der Waals surface area contributed by atoms with Crippen LogP contribution < -0.4 is 15.6 Å². The zero-order valence-electron chi connectivity index (χ0n) is 22.9. The Kier molecular flexibility index (Phi) is 9.07. The largest absolute Gasteiger partial charge is 0.371 e. The predicted molar refractivity (Wildman–Crippen MR) is 145 cm³/mol. The monoisotopic (exact) mass is 499 g/mol. The number of nitrogens with one attached hydrogen (secondary N) is 2. The number of hydrogen-bond acceptors (Lipinski definition) is 6. The average Bonchev–Trinajstić information content (AvgIpc) is 3.16. The number of carbonyl (C=O) groups excluding carboxylic acids is 1. The van der Waals surface area contributed by atoms with Crippen LogP contribution in [-0.4, -0.2) is 74.2 Å². The van der Waals surface area contributed by atoms with E-state index in [4.69, 9.17) is 0 Å². The van der Waals surface area contributed by atoms with Gasteiger partial charge in [0, 0.05) is 63.1 Å². The molecule has 0 amide bonds. The van der Waals surface area contributed by atoms with Crippen molar-refractivity contribution in [2.24, 2.45) is 11.8 Å². The first-order valence-electron chi connectivity index (χ1n) is 13.9. The van der Waals surface area contributed by atoms with E-state index < -0.39 is 6.17 Å². The first-order chi connectivity index (χ1) is 17.2. The number of ketones is 1. The molecule has 6 nitrogen and oxygen atoms in total. The fraction of sp³-hybridized carbons (Fsp3) is 0.690. The number of halogens is 1. The zero-order chi connectivity index (χ0) is 25.8. The lowest BCUT2D eigenvalue weighted by atomic mass is 9.92. The lowest BCUT2D eigenvalue weighted by Crippen LogP contribution is -2.54. The smallest absolute Gasteiger partial charge is 0.157 e. The molecule has 1 aliphatic carbocycles. The molecule has 0 saturated carbocycles. The van der Waals surface area contributed by atoms with Gasteiger partial charge >= 0.3 is 0 Å². The van der Waals surface area contributed by atoms with Gasteiger partial charge in [-0.3, -0.25) is 9.69 Å². The van der Waals surface area contributed by atoms with E-state index in [1.807, 2.05) is 19.1 Å². The highest BCUT2D eigenvalue weighted by Gasteiger charge is 2.36. The molecule has 2 saturated heterocycles. The fourth-order valence-corrected chi connectivity index (χ4v) is 6.20. The maximum atomic E-state index is 15.0. The number of rotatable bonds is 11. The van der Waals surface area contributed by atoms with Crippen LogP contribution in [0.5, 0.6) is 0 Å². The Morgan fingerprint density at radius 1 is 1.19 bits per heavy atom. The van der Waals surface area contributed by atoms with Crippen molar-refractivity contribution in [1.29, 1.82) is 0 Å². The van der Waals surface area contributed by atoms with E-state index in [9.17, 15) is 4.79 Å². The van der Waals surface area contributed by atoms with Gasteiger partial charge in [0.15, 0.2) is 5.78 Å². The van der Waals surface area contributed by atoms with Gasteiger partial charge in [0.1, 0.15) is 6.17 Å². The number of hydrogen-bond donors (Lipinski definition) is 2. The summed E-state index contributed by atoms with van der Waals surface area (Å²) in [6, 6.07) is 9.87. The minimum Gasteiger partial charge on any atom is -0.371 e. The van der Waals surface area contributed by atoms with Crippen LogP contribution in [0.4, 0.5) is 10.1 Å². The molecular formula is C29H46FN5O. The van der Waals surface area contributed by atoms with Crippen LogP contribution in [0.2, 0.25) is 0 Å². The molecule has 0 aromatic heterocycles. The summed E-state index contributed by atoms with van der Waals surface area (Å²) in [5, 5.41) is 5.13. The minimum atomic E-state index is -1.12. The van der Waals surface area contributed by atoms with Crippen molar-refractivity contribution in [1.82, 2.24) is 20.7 Å². The highest BCUT2D eigenvalue weighted by Crippen LogP contribution is 2.37. The lowest BCUT2D eigenvalue weighted by molar-refractivity contribution is -0.114. The van der Waals surface area contributed by atoms with Gasteiger partial charge < -0.3 is 15.6 Å². The second-order valence-corrected chi connectivity index (χ2v) is 11.5. The van der Waals surface area contributed by atoms with Gasteiger partial charge in [0.2, 0.25) is 0 Å². The highest BCUT2D eigenvalue weighted by molar-refractivity contribution is 5.95. The topological polar surface area (TPSA) is 50.9 Å². The van der Waals surface area contributed by atoms with Gasteiger partial charge in [0.25, 0.3) is 0 Å². The number of allylic oxidation sites excluding steroid dienone is 2. The molecular weight excluding hydrogens is 453 g/mol. The van der Waals surface area contributed by atoms with Gasteiger partial charge in [-0.15, -0.1) is 0 Å². The highest BCUT2D eigenvalue weighted by atomic mass is 19.1. The summed E-state index contributed by atoms with van der Waals surface area (Å²) in [7, 11) is 3.85. The van der Waals surface area contributed by atoms with E-state index in [-0.39, 0.29) is 11.7 Å². The second-order valence-electron chi connectivity index (χ2n) is 11.5. The number of benzene rings is 1. The van der Waals surface area contributed by atoms with E-state index in [0.717, 1.165) is 43.5 Å². The van der Waals surface area contributed by atoms with Crippen molar-refractivity contribution < 1.29 is 9.18 Å². The Hall–Kier alpha value is -1.96. The fourth-order valence-electron chi connectivity index (χ4n) is 6.20. The van der Waals surface area contributed by atoms with Gasteiger partial charge in [-0.1, -0.05) is 19.1 Å². The molecule has 7 heteroatoms. The first-order valence-corrected chi connectivity index (χ1v) is 13.9. The summed E-state index contributed by atoms with van der Waals surface area (Å²) in [5.41, 5.74) is 6.78. The molecule has 0 bridgehead atoms. The minimum absolute atomic E-state index is 0.0166. The van der Waals surface area contributed by atoms with Gasteiger partial charge in [-0.25, -0.2) is 9.40 Å². The Morgan fingerprint density at radius 3 is 2.44 bits per heavy atom. The molecule has 3 aliphatic rings. The summed E-state index contributed by atoms with van der Waals surface area (Å²) in [6.45, 7) is 11.4. The van der Waals surface area contributed by atoms with Crippen LogP contribution in [0.1, 0.15) is 58.4 Å². The van der Waals surface area contributed by atoms with Crippen LogP contribution in [0.15, 0.2) is 35.5 Å². The molecule has 3 atom stereocenters. The number of piperidine rings is 1. The molecule has 36 heavy (non-hydrogen) atoms. The van der Waals surface area contributed by atoms with Crippen LogP contribution in [-0.2, 0) is 11.3 Å². The number of nitrogens with zero attached hydrogens (tertiary/aromatic N) is 3. The Morgan fingerprint density at radius 2 is 1.86 bits per heavy atom. The molecule has 0 radical (unpaired) electrons. The average molecular weight is 500 g/mol. The van der Waals surface area contributed by atoms with Gasteiger partial charge in [-0.05, 0) is 82.5 Å². The third kappa shape index (κ3) is 6.48. The molecule has 2 unspecified atom stereocenters. The molecule has 4 rings (SSSR count). The third-order valence-electron chi connectivity index (χ3n) is 8.43. The van der Waals surface area contributed by atoms with E-state index in [0.29, 0.717) is 30.3 Å². The molecule has 2 fully saturated rings. The Labute approximate surface area is 217 Å². The van der Waals surface area contributed by atoms with Crippen LogP contribution in [0, 0.1) is 11.8 Å². The molecule has 1 aromatic rings. The second kappa shape index (κ2) is 12.1. The van der Waals surface area contributed by atoms with Crippen molar-refractivity contribution >= 4 is 11.5 Å². The maximum Gasteiger partial charge on any atom is 0.157 e. The standard InChI is InChI=1S/C29H46FN5O/c1-20-17-35(18-20)26-12-14-34(15-13-26)25-10-7-23(8-11-25)19-33(5)32-29-27(30)16-24(28(29)22(3)36)9-6-21(2)31-4/h7-8,10-11,20-21,24,26-27,31-32H,6,9,12-19H2,1-5H3/t21?,24?,27-/m0/s1. The summed E-state index contributed by atoms with van der Waals surface area (Å²) >= 11 is 0. The SMILES string of the molecule is CNC(C)CCC1C[C@H](F)C(NN(C)Cc2ccc(N3CCC(N4CC(C)C4)CC3)cc2)=C1C(C)=O. The van der Waals surface area contributed by atoms with Gasteiger partial charge in [-0.2, -0.15) is 0 Å². The summed E-state index contributed by atoms with van der Waals surface area (Å²) in [5.74, 6) is 0.827. The molecule has 200 valence electrons. The predicted octanol–water partition coefficient (Wildman–Crippen LogP) is 4.13. The van der Waals surface area contributed by atoms with E-state index in [2.05, 4.69) is 58.7 Å². The Bertz CT molecular complexity index is 905. The molecule has 2 heterocycles. The lowest BCUT2D eigenvalue weighted by Gasteiger charge is -2.46. The summed E-state index contributed by atoms with van der Waals surface area (Å²) in [6.07, 6.45) is 3.51. The number of Topliss-reactive ketones (excluding diaryl/α,β-unsaturated/α-hetero) is 1. The summed E-state index contributed by atoms with van der Waals surface area (Å²) in [4.78, 5) is 17.6. The number of alkyl halides is 1.